The summed E-state index contributed by atoms with van der Waals surface area (Å²) in [6, 6.07) is 14.4. The number of hydrogen-bond donors (Lipinski definition) is 0. The Hall–Kier alpha value is -1.63. The molecule has 82 valence electrons. The van der Waals surface area contributed by atoms with Crippen LogP contribution in [0.5, 0.6) is 0 Å². The van der Waals surface area contributed by atoms with Crippen LogP contribution in [0.4, 0.5) is 0 Å². The molecule has 0 aliphatic heterocycles. The lowest BCUT2D eigenvalue weighted by Gasteiger charge is -2.22. The summed E-state index contributed by atoms with van der Waals surface area (Å²) in [6.07, 6.45) is 0. The summed E-state index contributed by atoms with van der Waals surface area (Å²) in [5, 5.41) is 2.40. The van der Waals surface area contributed by atoms with E-state index in [0.29, 0.717) is 0 Å². The van der Waals surface area contributed by atoms with E-state index in [1.165, 1.54) is 10.8 Å². The summed E-state index contributed by atoms with van der Waals surface area (Å²) in [7, 11) is 0. The van der Waals surface area contributed by atoms with Crippen molar-refractivity contribution in [3.05, 3.63) is 48.0 Å². The van der Waals surface area contributed by atoms with Crippen molar-refractivity contribution < 1.29 is 4.79 Å². The Morgan fingerprint density at radius 3 is 2.25 bits per heavy atom. The van der Waals surface area contributed by atoms with Crippen LogP contribution in [-0.4, -0.2) is 5.78 Å². The molecule has 2 aromatic carbocycles. The van der Waals surface area contributed by atoms with Gasteiger partial charge in [0.05, 0.1) is 0 Å². The first-order valence-electron chi connectivity index (χ1n) is 5.52. The average molecular weight is 212 g/mol. The van der Waals surface area contributed by atoms with Gasteiger partial charge in [0.25, 0.3) is 0 Å². The number of carbonyl (C=O) groups excluding carboxylic acids is 1. The molecule has 0 saturated carbocycles. The van der Waals surface area contributed by atoms with Gasteiger partial charge in [0.1, 0.15) is 5.78 Å². The zero-order valence-electron chi connectivity index (χ0n) is 9.95. The van der Waals surface area contributed by atoms with Crippen molar-refractivity contribution in [3.63, 3.8) is 0 Å². The molecule has 0 saturated heterocycles. The Morgan fingerprint density at radius 2 is 1.62 bits per heavy atom. The Labute approximate surface area is 96.1 Å². The van der Waals surface area contributed by atoms with Crippen molar-refractivity contribution >= 4 is 16.6 Å². The van der Waals surface area contributed by atoms with Crippen molar-refractivity contribution in [2.24, 2.45) is 0 Å². The van der Waals surface area contributed by atoms with Gasteiger partial charge in [-0.25, -0.2) is 0 Å². The van der Waals surface area contributed by atoms with Gasteiger partial charge < -0.3 is 0 Å². The number of ketones is 1. The molecule has 0 N–H and O–H groups in total. The summed E-state index contributed by atoms with van der Waals surface area (Å²) in [4.78, 5) is 11.6. The average Bonchev–Trinajstić information content (AvgIpc) is 2.28. The predicted molar refractivity (Wildman–Crippen MR) is 67.7 cm³/mol. The molecular weight excluding hydrogens is 196 g/mol. The van der Waals surface area contributed by atoms with E-state index in [-0.39, 0.29) is 5.78 Å². The highest BCUT2D eigenvalue weighted by Gasteiger charge is 2.25. The largest absolute Gasteiger partial charge is 0.299 e. The van der Waals surface area contributed by atoms with Crippen molar-refractivity contribution in [1.82, 2.24) is 0 Å². The van der Waals surface area contributed by atoms with Gasteiger partial charge in [0.15, 0.2) is 0 Å². The minimum absolute atomic E-state index is 0.197. The molecule has 0 spiro atoms. The van der Waals surface area contributed by atoms with Crippen molar-refractivity contribution in [2.45, 2.75) is 26.2 Å². The first-order valence-corrected chi connectivity index (χ1v) is 5.52. The quantitative estimate of drug-likeness (QED) is 0.741. The third kappa shape index (κ3) is 1.73. The highest BCUT2D eigenvalue weighted by atomic mass is 16.1. The molecule has 0 unspecified atom stereocenters. The normalized spacial score (nSPS) is 11.7. The lowest BCUT2D eigenvalue weighted by Crippen LogP contribution is -2.26. The molecule has 1 heteroatoms. The van der Waals surface area contributed by atoms with Gasteiger partial charge in [0, 0.05) is 5.41 Å². The number of hydrogen-bond acceptors (Lipinski definition) is 1. The molecule has 0 heterocycles. The number of fused-ring (bicyclic) bond motifs is 1. The molecule has 0 amide bonds. The zero-order valence-corrected chi connectivity index (χ0v) is 9.95. The molecule has 2 rings (SSSR count). The van der Waals surface area contributed by atoms with Gasteiger partial charge in [-0.1, -0.05) is 42.5 Å². The maximum Gasteiger partial charge on any atom is 0.139 e. The Balaban J connectivity index is 2.59. The van der Waals surface area contributed by atoms with Crippen LogP contribution in [0.2, 0.25) is 0 Å². The van der Waals surface area contributed by atoms with Crippen molar-refractivity contribution in [3.8, 4) is 0 Å². The van der Waals surface area contributed by atoms with Crippen LogP contribution in [0.15, 0.2) is 42.5 Å². The lowest BCUT2D eigenvalue weighted by molar-refractivity contribution is -0.121. The molecule has 1 nitrogen and oxygen atoms in total. The van der Waals surface area contributed by atoms with E-state index in [0.717, 1.165) is 5.56 Å². The van der Waals surface area contributed by atoms with Crippen molar-refractivity contribution in [1.29, 1.82) is 0 Å². The summed E-state index contributed by atoms with van der Waals surface area (Å²) < 4.78 is 0. The fraction of sp³-hybridized carbons (Fsp3) is 0.267. The van der Waals surface area contributed by atoms with Gasteiger partial charge in [-0.2, -0.15) is 0 Å². The maximum absolute atomic E-state index is 11.6. The standard InChI is InChI=1S/C15H16O/c1-11(16)15(2,3)14-9-8-12-6-4-5-7-13(12)10-14/h4-10H,1-3H3. The fourth-order valence-electron chi connectivity index (χ4n) is 1.78. The van der Waals surface area contributed by atoms with Crippen LogP contribution in [-0.2, 0) is 10.2 Å². The first-order chi connectivity index (χ1) is 7.51. The van der Waals surface area contributed by atoms with E-state index in [1.807, 2.05) is 32.0 Å². The first kappa shape index (κ1) is 10.9. The molecule has 0 fully saturated rings. The summed E-state index contributed by atoms with van der Waals surface area (Å²) in [6.45, 7) is 5.59. The van der Waals surface area contributed by atoms with Gasteiger partial charge in [-0.3, -0.25) is 4.79 Å². The van der Waals surface area contributed by atoms with Gasteiger partial charge in [-0.05, 0) is 37.1 Å². The van der Waals surface area contributed by atoms with Gasteiger partial charge >= 0.3 is 0 Å². The van der Waals surface area contributed by atoms with E-state index in [4.69, 9.17) is 0 Å². The summed E-state index contributed by atoms with van der Waals surface area (Å²) >= 11 is 0. The Morgan fingerprint density at radius 1 is 1.00 bits per heavy atom. The highest BCUT2D eigenvalue weighted by molar-refractivity contribution is 5.90. The van der Waals surface area contributed by atoms with Crippen molar-refractivity contribution in [2.75, 3.05) is 0 Å². The maximum atomic E-state index is 11.6. The molecule has 0 bridgehead atoms. The second-order valence-electron chi connectivity index (χ2n) is 4.74. The van der Waals surface area contributed by atoms with E-state index in [1.54, 1.807) is 6.92 Å². The molecule has 2 aromatic rings. The molecule has 0 aromatic heterocycles. The molecule has 0 aliphatic carbocycles. The molecule has 0 atom stereocenters. The molecular formula is C15H16O. The smallest absolute Gasteiger partial charge is 0.139 e. The van der Waals surface area contributed by atoms with Gasteiger partial charge in [-0.15, -0.1) is 0 Å². The van der Waals surface area contributed by atoms with Crippen LogP contribution < -0.4 is 0 Å². The van der Waals surface area contributed by atoms with Crippen LogP contribution in [0.25, 0.3) is 10.8 Å². The van der Waals surface area contributed by atoms with E-state index >= 15 is 0 Å². The van der Waals surface area contributed by atoms with Crippen LogP contribution in [0.3, 0.4) is 0 Å². The Bertz CT molecular complexity index is 538. The number of Topliss-reactive ketones (excluding diaryl/α,β-unsaturated/α-hetero) is 1. The SMILES string of the molecule is CC(=O)C(C)(C)c1ccc2ccccc2c1. The number of benzene rings is 2. The van der Waals surface area contributed by atoms with E-state index in [9.17, 15) is 4.79 Å². The van der Waals surface area contributed by atoms with Crippen LogP contribution >= 0.6 is 0 Å². The Kier molecular flexibility index (Phi) is 2.55. The third-order valence-electron chi connectivity index (χ3n) is 3.35. The molecule has 16 heavy (non-hydrogen) atoms. The number of carbonyl (C=O) groups is 1. The minimum atomic E-state index is -0.399. The number of rotatable bonds is 2. The molecule has 0 radical (unpaired) electrons. The topological polar surface area (TPSA) is 17.1 Å². The highest BCUT2D eigenvalue weighted by Crippen LogP contribution is 2.27. The summed E-state index contributed by atoms with van der Waals surface area (Å²) in [5.74, 6) is 0.197. The second kappa shape index (κ2) is 3.75. The monoisotopic (exact) mass is 212 g/mol. The van der Waals surface area contributed by atoms with Gasteiger partial charge in [0.2, 0.25) is 0 Å². The lowest BCUT2D eigenvalue weighted by atomic mass is 9.80. The fourth-order valence-corrected chi connectivity index (χ4v) is 1.78. The minimum Gasteiger partial charge on any atom is -0.299 e. The van der Waals surface area contributed by atoms with E-state index < -0.39 is 5.41 Å². The zero-order chi connectivity index (χ0) is 11.8. The van der Waals surface area contributed by atoms with Crippen LogP contribution in [0, 0.1) is 0 Å². The second-order valence-corrected chi connectivity index (χ2v) is 4.74. The predicted octanol–water partition coefficient (Wildman–Crippen LogP) is 3.71. The molecule has 0 aliphatic rings. The summed E-state index contributed by atoms with van der Waals surface area (Å²) in [5.41, 5.74) is 0.683. The van der Waals surface area contributed by atoms with Crippen LogP contribution in [0.1, 0.15) is 26.3 Å². The third-order valence-corrected chi connectivity index (χ3v) is 3.35. The van der Waals surface area contributed by atoms with E-state index in [2.05, 4.69) is 24.3 Å².